The highest BCUT2D eigenvalue weighted by atomic mass is 32.2. The summed E-state index contributed by atoms with van der Waals surface area (Å²) in [4.78, 5) is -0.247. The van der Waals surface area contributed by atoms with Gasteiger partial charge in [0.15, 0.2) is 0 Å². The van der Waals surface area contributed by atoms with Gasteiger partial charge in [-0.1, -0.05) is 54.2 Å². The number of hydrogen-bond acceptors (Lipinski definition) is 4. The van der Waals surface area contributed by atoms with E-state index in [9.17, 15) is 4.39 Å². The number of nitrogens with zero attached hydrogens (tertiary/aromatic N) is 2. The van der Waals surface area contributed by atoms with Crippen molar-refractivity contribution in [3.05, 3.63) is 71.5 Å². The Balaban J connectivity index is 1.76. The van der Waals surface area contributed by atoms with E-state index in [-0.39, 0.29) is 10.7 Å². The number of hydrazone groups is 1. The molecule has 1 aliphatic heterocycles. The molecule has 2 N–H and O–H groups in total. The number of hydrogen-bond donors (Lipinski definition) is 1. The smallest absolute Gasteiger partial charge is 0.134 e. The number of rotatable bonds is 6. The molecule has 0 amide bonds. The maximum absolute atomic E-state index is 13.7. The van der Waals surface area contributed by atoms with Crippen molar-refractivity contribution >= 4 is 16.8 Å². The SMILES string of the molecule is NCCCC1(c2ccccc2)SC(c2cccc(F)c2)=NN1C1CC1. The first-order valence-corrected chi connectivity index (χ1v) is 9.63. The molecule has 0 bridgehead atoms. The fraction of sp³-hybridized carbons (Fsp3) is 0.350. The quantitative estimate of drug-likeness (QED) is 0.840. The molecule has 0 saturated heterocycles. The molecule has 1 aliphatic carbocycles. The summed E-state index contributed by atoms with van der Waals surface area (Å²) < 4.78 is 13.7. The molecule has 1 unspecified atom stereocenters. The number of halogens is 1. The molecule has 1 heterocycles. The zero-order chi connectivity index (χ0) is 17.3. The van der Waals surface area contributed by atoms with Crippen LogP contribution in [0.2, 0.25) is 0 Å². The van der Waals surface area contributed by atoms with Gasteiger partial charge in [-0.25, -0.2) is 4.39 Å². The van der Waals surface area contributed by atoms with Gasteiger partial charge < -0.3 is 5.73 Å². The van der Waals surface area contributed by atoms with Crippen molar-refractivity contribution in [3.63, 3.8) is 0 Å². The molecule has 1 atom stereocenters. The zero-order valence-corrected chi connectivity index (χ0v) is 14.9. The van der Waals surface area contributed by atoms with Gasteiger partial charge in [0.05, 0.1) is 0 Å². The Labute approximate surface area is 152 Å². The van der Waals surface area contributed by atoms with Crippen molar-refractivity contribution in [2.75, 3.05) is 6.54 Å². The van der Waals surface area contributed by atoms with Gasteiger partial charge in [-0.3, -0.25) is 5.01 Å². The normalized spacial score (nSPS) is 23.0. The maximum atomic E-state index is 13.7. The van der Waals surface area contributed by atoms with Crippen molar-refractivity contribution in [2.45, 2.75) is 36.6 Å². The Hall–Kier alpha value is -1.85. The molecule has 0 spiro atoms. The molecule has 0 radical (unpaired) electrons. The highest BCUT2D eigenvalue weighted by Gasteiger charge is 2.50. The summed E-state index contributed by atoms with van der Waals surface area (Å²) in [6.07, 6.45) is 4.18. The van der Waals surface area contributed by atoms with E-state index in [0.29, 0.717) is 12.6 Å². The van der Waals surface area contributed by atoms with Crippen LogP contribution in [0.15, 0.2) is 59.7 Å². The average Bonchev–Trinajstić information content (AvgIpc) is 3.41. The van der Waals surface area contributed by atoms with E-state index in [1.54, 1.807) is 23.9 Å². The Bertz CT molecular complexity index is 776. The first kappa shape index (κ1) is 16.6. The standard InChI is InChI=1S/C20H22FN3S/c21-17-9-4-6-15(14-17)19-23-24(18-10-11-18)20(25-19,12-5-13-22)16-7-2-1-3-8-16/h1-4,6-9,14,18H,5,10-13,22H2. The molecule has 130 valence electrons. The van der Waals surface area contributed by atoms with Crippen LogP contribution in [0.5, 0.6) is 0 Å². The number of nitrogens with two attached hydrogens (primary N) is 1. The molecule has 2 aliphatic rings. The zero-order valence-electron chi connectivity index (χ0n) is 14.1. The molecule has 1 saturated carbocycles. The molecular formula is C20H22FN3S. The lowest BCUT2D eigenvalue weighted by atomic mass is 10.00. The Morgan fingerprint density at radius 2 is 1.96 bits per heavy atom. The fourth-order valence-corrected chi connectivity index (χ4v) is 4.86. The minimum atomic E-state index is -0.247. The molecule has 25 heavy (non-hydrogen) atoms. The lowest BCUT2D eigenvalue weighted by Crippen LogP contribution is -2.39. The Kier molecular flexibility index (Phi) is 4.52. The topological polar surface area (TPSA) is 41.6 Å². The summed E-state index contributed by atoms with van der Waals surface area (Å²) in [6.45, 7) is 0.656. The monoisotopic (exact) mass is 355 g/mol. The second-order valence-corrected chi connectivity index (χ2v) is 7.90. The summed E-state index contributed by atoms with van der Waals surface area (Å²) in [5.41, 5.74) is 7.93. The summed E-state index contributed by atoms with van der Waals surface area (Å²) in [5.74, 6) is -0.224. The second kappa shape index (κ2) is 6.81. The predicted molar refractivity (Wildman–Crippen MR) is 102 cm³/mol. The maximum Gasteiger partial charge on any atom is 0.134 e. The first-order chi connectivity index (χ1) is 12.2. The average molecular weight is 355 g/mol. The summed E-state index contributed by atoms with van der Waals surface area (Å²) in [5, 5.41) is 8.11. The van der Waals surface area contributed by atoms with E-state index >= 15 is 0 Å². The van der Waals surface area contributed by atoms with Gasteiger partial charge in [-0.05, 0) is 49.9 Å². The second-order valence-electron chi connectivity index (χ2n) is 6.64. The number of thioether (sulfide) groups is 1. The van der Waals surface area contributed by atoms with Gasteiger partial charge in [-0.2, -0.15) is 5.10 Å². The van der Waals surface area contributed by atoms with Gasteiger partial charge in [0.25, 0.3) is 0 Å². The van der Waals surface area contributed by atoms with Crippen LogP contribution in [0.3, 0.4) is 0 Å². The van der Waals surface area contributed by atoms with Crippen LogP contribution in [0.1, 0.15) is 36.8 Å². The highest BCUT2D eigenvalue weighted by Crippen LogP contribution is 2.54. The van der Waals surface area contributed by atoms with Crippen LogP contribution >= 0.6 is 11.8 Å². The highest BCUT2D eigenvalue weighted by molar-refractivity contribution is 8.15. The summed E-state index contributed by atoms with van der Waals surface area (Å²) >= 11 is 1.74. The van der Waals surface area contributed by atoms with Crippen molar-refractivity contribution in [1.82, 2.24) is 5.01 Å². The van der Waals surface area contributed by atoms with Crippen molar-refractivity contribution < 1.29 is 4.39 Å². The third-order valence-electron chi connectivity index (χ3n) is 4.74. The van der Waals surface area contributed by atoms with Gasteiger partial charge in [0.2, 0.25) is 0 Å². The van der Waals surface area contributed by atoms with E-state index < -0.39 is 0 Å². The summed E-state index contributed by atoms with van der Waals surface area (Å²) in [6, 6.07) is 17.7. The van der Waals surface area contributed by atoms with Crippen molar-refractivity contribution in [1.29, 1.82) is 0 Å². The van der Waals surface area contributed by atoms with Crippen LogP contribution in [-0.2, 0) is 4.87 Å². The van der Waals surface area contributed by atoms with Crippen LogP contribution < -0.4 is 5.73 Å². The van der Waals surface area contributed by atoms with E-state index in [0.717, 1.165) is 36.3 Å². The molecule has 5 heteroatoms. The minimum absolute atomic E-state index is 0.224. The number of benzene rings is 2. The van der Waals surface area contributed by atoms with Gasteiger partial charge in [-0.15, -0.1) is 0 Å². The van der Waals surface area contributed by atoms with Crippen molar-refractivity contribution in [2.24, 2.45) is 10.8 Å². The molecule has 2 aromatic rings. The molecular weight excluding hydrogens is 333 g/mol. The van der Waals surface area contributed by atoms with Gasteiger partial charge in [0.1, 0.15) is 15.7 Å². The summed E-state index contributed by atoms with van der Waals surface area (Å²) in [7, 11) is 0. The predicted octanol–water partition coefficient (Wildman–Crippen LogP) is 4.29. The Morgan fingerprint density at radius 1 is 1.16 bits per heavy atom. The van der Waals surface area contributed by atoms with Crippen LogP contribution in [0, 0.1) is 5.82 Å². The molecule has 4 rings (SSSR count). The third kappa shape index (κ3) is 3.18. The molecule has 3 nitrogen and oxygen atoms in total. The Morgan fingerprint density at radius 3 is 2.64 bits per heavy atom. The van der Waals surface area contributed by atoms with E-state index in [4.69, 9.17) is 10.8 Å². The van der Waals surface area contributed by atoms with Crippen LogP contribution in [-0.4, -0.2) is 22.6 Å². The lowest BCUT2D eigenvalue weighted by Gasteiger charge is -2.37. The van der Waals surface area contributed by atoms with E-state index in [1.165, 1.54) is 11.6 Å². The largest absolute Gasteiger partial charge is 0.330 e. The molecule has 2 aromatic carbocycles. The molecule has 0 aromatic heterocycles. The van der Waals surface area contributed by atoms with Crippen LogP contribution in [0.25, 0.3) is 0 Å². The molecule has 1 fully saturated rings. The lowest BCUT2D eigenvalue weighted by molar-refractivity contribution is 0.160. The van der Waals surface area contributed by atoms with Crippen LogP contribution in [0.4, 0.5) is 4.39 Å². The van der Waals surface area contributed by atoms with E-state index in [1.807, 2.05) is 12.1 Å². The van der Waals surface area contributed by atoms with Crippen molar-refractivity contribution in [3.8, 4) is 0 Å². The van der Waals surface area contributed by atoms with Gasteiger partial charge >= 0.3 is 0 Å². The third-order valence-corrected chi connectivity index (χ3v) is 6.22. The van der Waals surface area contributed by atoms with E-state index in [2.05, 4.69) is 29.3 Å². The first-order valence-electron chi connectivity index (χ1n) is 8.81. The minimum Gasteiger partial charge on any atom is -0.330 e. The van der Waals surface area contributed by atoms with Gasteiger partial charge in [0, 0.05) is 11.6 Å². The fourth-order valence-electron chi connectivity index (χ4n) is 3.38.